The molecule has 188 valence electrons. The third-order valence-corrected chi connectivity index (χ3v) is 9.40. The van der Waals surface area contributed by atoms with Crippen LogP contribution in [0.2, 0.25) is 0 Å². The molecule has 6 rings (SSSR count). The molecule has 1 aromatic heterocycles. The van der Waals surface area contributed by atoms with Crippen molar-refractivity contribution in [2.45, 2.75) is 39.2 Å². The SMILES string of the molecule is CCc1ccc(CN2CC3C(C2)C3CN(C(=O)c2cccs2)c2ccc(N3CCCCC3)cc2)cc1. The molecule has 1 aliphatic carbocycles. The van der Waals surface area contributed by atoms with Crippen LogP contribution in [0.25, 0.3) is 0 Å². The highest BCUT2D eigenvalue weighted by molar-refractivity contribution is 7.12. The minimum atomic E-state index is 0.147. The van der Waals surface area contributed by atoms with E-state index in [2.05, 4.69) is 70.2 Å². The quantitative estimate of drug-likeness (QED) is 0.363. The minimum absolute atomic E-state index is 0.147. The maximum Gasteiger partial charge on any atom is 0.268 e. The highest BCUT2D eigenvalue weighted by Gasteiger charge is 2.56. The van der Waals surface area contributed by atoms with E-state index < -0.39 is 0 Å². The lowest BCUT2D eigenvalue weighted by Crippen LogP contribution is -2.35. The van der Waals surface area contributed by atoms with Crippen molar-refractivity contribution >= 4 is 28.6 Å². The number of fused-ring (bicyclic) bond motifs is 1. The predicted octanol–water partition coefficient (Wildman–Crippen LogP) is 6.33. The van der Waals surface area contributed by atoms with E-state index in [0.29, 0.717) is 17.8 Å². The first kappa shape index (κ1) is 23.7. The molecule has 0 bridgehead atoms. The molecule has 1 amide bonds. The van der Waals surface area contributed by atoms with Crippen molar-refractivity contribution in [1.82, 2.24) is 4.90 Å². The van der Waals surface area contributed by atoms with Crippen molar-refractivity contribution < 1.29 is 4.79 Å². The van der Waals surface area contributed by atoms with Gasteiger partial charge < -0.3 is 9.80 Å². The summed E-state index contributed by atoms with van der Waals surface area (Å²) in [5, 5.41) is 2.00. The summed E-state index contributed by atoms with van der Waals surface area (Å²) in [4.78, 5) is 21.5. The van der Waals surface area contributed by atoms with Gasteiger partial charge in [0, 0.05) is 50.6 Å². The molecule has 4 nitrogen and oxygen atoms in total. The largest absolute Gasteiger partial charge is 0.372 e. The van der Waals surface area contributed by atoms with Gasteiger partial charge in [0.05, 0.1) is 4.88 Å². The molecule has 0 radical (unpaired) electrons. The van der Waals surface area contributed by atoms with E-state index in [1.165, 1.54) is 36.1 Å². The first-order valence-corrected chi connectivity index (χ1v) is 14.6. The summed E-state index contributed by atoms with van der Waals surface area (Å²) in [6.45, 7) is 8.66. The van der Waals surface area contributed by atoms with E-state index in [1.807, 2.05) is 17.5 Å². The smallest absolute Gasteiger partial charge is 0.268 e. The van der Waals surface area contributed by atoms with Gasteiger partial charge >= 0.3 is 0 Å². The van der Waals surface area contributed by atoms with Crippen LogP contribution < -0.4 is 9.80 Å². The molecule has 5 heteroatoms. The van der Waals surface area contributed by atoms with E-state index in [1.54, 1.807) is 11.3 Å². The van der Waals surface area contributed by atoms with Crippen LogP contribution in [0.4, 0.5) is 11.4 Å². The van der Waals surface area contributed by atoms with Gasteiger partial charge in [0.15, 0.2) is 0 Å². The molecule has 0 spiro atoms. The summed E-state index contributed by atoms with van der Waals surface area (Å²) in [6.07, 6.45) is 4.98. The third kappa shape index (κ3) is 4.96. The summed E-state index contributed by atoms with van der Waals surface area (Å²) >= 11 is 1.55. The van der Waals surface area contributed by atoms with Crippen molar-refractivity contribution in [3.63, 3.8) is 0 Å². The molecule has 2 saturated heterocycles. The number of aryl methyl sites for hydroxylation is 1. The zero-order valence-corrected chi connectivity index (χ0v) is 22.1. The highest BCUT2D eigenvalue weighted by atomic mass is 32.1. The Kier molecular flexibility index (Phi) is 6.85. The van der Waals surface area contributed by atoms with E-state index >= 15 is 0 Å². The van der Waals surface area contributed by atoms with Gasteiger partial charge in [0.2, 0.25) is 0 Å². The van der Waals surface area contributed by atoms with Crippen LogP contribution in [-0.4, -0.2) is 43.5 Å². The Hall–Kier alpha value is -2.63. The van der Waals surface area contributed by atoms with Crippen molar-refractivity contribution in [2.75, 3.05) is 42.5 Å². The highest BCUT2D eigenvalue weighted by Crippen LogP contribution is 2.52. The third-order valence-electron chi connectivity index (χ3n) is 8.54. The molecule has 1 saturated carbocycles. The maximum atomic E-state index is 13.5. The van der Waals surface area contributed by atoms with Gasteiger partial charge in [-0.05, 0) is 90.3 Å². The van der Waals surface area contributed by atoms with Crippen LogP contribution in [0.15, 0.2) is 66.0 Å². The Labute approximate surface area is 219 Å². The van der Waals surface area contributed by atoms with Crippen LogP contribution >= 0.6 is 11.3 Å². The van der Waals surface area contributed by atoms with Crippen LogP contribution in [0.5, 0.6) is 0 Å². The summed E-state index contributed by atoms with van der Waals surface area (Å²) in [7, 11) is 0. The fourth-order valence-electron chi connectivity index (χ4n) is 6.32. The van der Waals surface area contributed by atoms with Crippen LogP contribution in [0.3, 0.4) is 0 Å². The number of hydrogen-bond acceptors (Lipinski definition) is 4. The van der Waals surface area contributed by atoms with Gasteiger partial charge in [-0.3, -0.25) is 9.69 Å². The molecule has 2 aromatic carbocycles. The standard InChI is InChI=1S/C31H37N3OS/c1-2-23-8-10-24(11-9-23)19-32-20-27-28(21-32)29(27)22-34(31(35)30-7-6-18-36-30)26-14-12-25(13-15-26)33-16-4-3-5-17-33/h6-15,18,27-29H,2-5,16-17,19-22H2,1H3. The monoisotopic (exact) mass is 499 g/mol. The Morgan fingerprint density at radius 3 is 2.25 bits per heavy atom. The number of carbonyl (C=O) groups is 1. The second kappa shape index (κ2) is 10.4. The molecule has 3 aliphatic rings. The number of rotatable bonds is 8. The zero-order chi connectivity index (χ0) is 24.5. The number of thiophene rings is 1. The molecule has 3 aromatic rings. The first-order chi connectivity index (χ1) is 17.7. The molecule has 2 aliphatic heterocycles. The molecule has 36 heavy (non-hydrogen) atoms. The number of likely N-dealkylation sites (tertiary alicyclic amines) is 1. The Balaban J connectivity index is 1.12. The number of hydrogen-bond donors (Lipinski definition) is 0. The molecular weight excluding hydrogens is 462 g/mol. The van der Waals surface area contributed by atoms with Crippen LogP contribution in [0.1, 0.15) is 47.0 Å². The van der Waals surface area contributed by atoms with Crippen molar-refractivity contribution in [3.05, 3.63) is 82.0 Å². The molecule has 3 fully saturated rings. The number of anilines is 2. The van der Waals surface area contributed by atoms with E-state index in [-0.39, 0.29) is 5.91 Å². The number of piperidine rings is 2. The Morgan fingerprint density at radius 1 is 0.917 bits per heavy atom. The fraction of sp³-hybridized carbons (Fsp3) is 0.452. The van der Waals surface area contributed by atoms with Crippen molar-refractivity contribution in [2.24, 2.45) is 17.8 Å². The second-order valence-corrected chi connectivity index (χ2v) is 11.8. The summed E-state index contributed by atoms with van der Waals surface area (Å²) in [5.41, 5.74) is 5.13. The van der Waals surface area contributed by atoms with Gasteiger partial charge in [0.25, 0.3) is 5.91 Å². The Bertz CT molecular complexity index is 1140. The summed E-state index contributed by atoms with van der Waals surface area (Å²) in [6, 6.07) is 21.8. The van der Waals surface area contributed by atoms with E-state index in [0.717, 1.165) is 56.3 Å². The van der Waals surface area contributed by atoms with E-state index in [4.69, 9.17) is 0 Å². The summed E-state index contributed by atoms with van der Waals surface area (Å²) in [5.74, 6) is 2.18. The molecule has 2 unspecified atom stereocenters. The molecule has 2 atom stereocenters. The van der Waals surface area contributed by atoms with E-state index in [9.17, 15) is 4.79 Å². The van der Waals surface area contributed by atoms with Crippen molar-refractivity contribution in [3.8, 4) is 0 Å². The normalized spacial score (nSPS) is 23.5. The average Bonchev–Trinajstić information content (AvgIpc) is 3.31. The number of nitrogens with zero attached hydrogens (tertiary/aromatic N) is 3. The lowest BCUT2D eigenvalue weighted by Gasteiger charge is -2.30. The number of benzene rings is 2. The molecule has 3 heterocycles. The van der Waals surface area contributed by atoms with Gasteiger partial charge in [-0.15, -0.1) is 11.3 Å². The van der Waals surface area contributed by atoms with Crippen LogP contribution in [0, 0.1) is 17.8 Å². The molecule has 0 N–H and O–H groups in total. The topological polar surface area (TPSA) is 26.8 Å². The first-order valence-electron chi connectivity index (χ1n) is 13.7. The molecular formula is C31H37N3OS. The minimum Gasteiger partial charge on any atom is -0.372 e. The maximum absolute atomic E-state index is 13.5. The number of carbonyl (C=O) groups excluding carboxylic acids is 1. The predicted molar refractivity (Wildman–Crippen MR) is 150 cm³/mol. The lowest BCUT2D eigenvalue weighted by molar-refractivity contribution is 0.0988. The average molecular weight is 500 g/mol. The Morgan fingerprint density at radius 2 is 1.61 bits per heavy atom. The fourth-order valence-corrected chi connectivity index (χ4v) is 6.99. The van der Waals surface area contributed by atoms with Gasteiger partial charge in [-0.1, -0.05) is 37.3 Å². The van der Waals surface area contributed by atoms with Gasteiger partial charge in [0.1, 0.15) is 0 Å². The second-order valence-electron chi connectivity index (χ2n) is 10.8. The lowest BCUT2D eigenvalue weighted by atomic mass is 10.1. The van der Waals surface area contributed by atoms with Gasteiger partial charge in [-0.25, -0.2) is 0 Å². The van der Waals surface area contributed by atoms with Gasteiger partial charge in [-0.2, -0.15) is 0 Å². The number of amides is 1. The van der Waals surface area contributed by atoms with Crippen molar-refractivity contribution in [1.29, 1.82) is 0 Å². The summed E-state index contributed by atoms with van der Waals surface area (Å²) < 4.78 is 0. The zero-order valence-electron chi connectivity index (χ0n) is 21.3. The van der Waals surface area contributed by atoms with Crippen LogP contribution in [-0.2, 0) is 13.0 Å².